The smallest absolute Gasteiger partial charge is 0.230 e. The molecule has 1 unspecified atom stereocenters. The molecule has 2 aromatic carbocycles. The summed E-state index contributed by atoms with van der Waals surface area (Å²) in [4.78, 5) is 14.8. The van der Waals surface area contributed by atoms with Gasteiger partial charge in [0.25, 0.3) is 0 Å². The number of hydrogen-bond donors (Lipinski definition) is 3. The monoisotopic (exact) mass is 387 g/mol. The Morgan fingerprint density at radius 1 is 1.04 bits per heavy atom. The average molecular weight is 388 g/mol. The summed E-state index contributed by atoms with van der Waals surface area (Å²) < 4.78 is -0.0308. The summed E-state index contributed by atoms with van der Waals surface area (Å²) in [5.41, 5.74) is 0.427. The third-order valence-corrected chi connectivity index (χ3v) is 7.72. The van der Waals surface area contributed by atoms with Crippen LogP contribution in [0.25, 0.3) is 0 Å². The van der Waals surface area contributed by atoms with Crippen LogP contribution in [0.5, 0.6) is 0 Å². The van der Waals surface area contributed by atoms with Gasteiger partial charge < -0.3 is 10.4 Å². The predicted octanol–water partition coefficient (Wildman–Crippen LogP) is 5.86. The number of rotatable bonds is 4. The van der Waals surface area contributed by atoms with Crippen LogP contribution in [0.4, 0.5) is 5.69 Å². The van der Waals surface area contributed by atoms with E-state index in [0.29, 0.717) is 0 Å². The highest BCUT2D eigenvalue weighted by molar-refractivity contribution is 8.35. The largest absolute Gasteiger partial charge is 0.495 e. The molecule has 0 spiro atoms. The van der Waals surface area contributed by atoms with Crippen molar-refractivity contribution in [3.8, 4) is 0 Å². The van der Waals surface area contributed by atoms with Crippen LogP contribution in [0, 0.1) is 5.41 Å². The second kappa shape index (κ2) is 8.23. The van der Waals surface area contributed by atoms with Crippen molar-refractivity contribution in [1.29, 1.82) is 0 Å². The molecular formula is C21H25NO2S2. The molecule has 1 aliphatic rings. The molecule has 0 radical (unpaired) electrons. The van der Waals surface area contributed by atoms with Crippen molar-refractivity contribution in [2.45, 2.75) is 48.8 Å². The van der Waals surface area contributed by atoms with Gasteiger partial charge in [0.2, 0.25) is 10.3 Å². The van der Waals surface area contributed by atoms with Crippen LogP contribution in [0.15, 0.2) is 64.4 Å². The second-order valence-electron chi connectivity index (χ2n) is 7.05. The van der Waals surface area contributed by atoms with Gasteiger partial charge in [0.05, 0.1) is 5.69 Å². The summed E-state index contributed by atoms with van der Waals surface area (Å²) in [6.07, 6.45) is 5.25. The number of hydrogen-bond acceptors (Lipinski definition) is 2. The Morgan fingerprint density at radius 2 is 1.65 bits per heavy atom. The van der Waals surface area contributed by atoms with E-state index in [9.17, 15) is 9.90 Å². The Labute approximate surface area is 163 Å². The number of thiocarbonyl (C=S) groups is 1. The van der Waals surface area contributed by atoms with E-state index in [0.717, 1.165) is 41.2 Å². The minimum atomic E-state index is -1.22. The average Bonchev–Trinajstić information content (AvgIpc) is 2.64. The first kappa shape index (κ1) is 18.9. The third kappa shape index (κ3) is 4.10. The van der Waals surface area contributed by atoms with E-state index >= 15 is 0 Å². The van der Waals surface area contributed by atoms with Gasteiger partial charge in [-0.2, -0.15) is 0 Å². The number of thiol groups is 1. The van der Waals surface area contributed by atoms with Crippen molar-refractivity contribution >= 4 is 39.1 Å². The number of carbonyl (C=O) groups is 1. The molecule has 2 aromatic rings. The minimum absolute atomic E-state index is 0.0308. The quantitative estimate of drug-likeness (QED) is 0.455. The van der Waals surface area contributed by atoms with E-state index in [2.05, 4.69) is 12.2 Å². The Bertz CT molecular complexity index is 786. The first-order chi connectivity index (χ1) is 12.5. The normalized spacial score (nSPS) is 18.0. The van der Waals surface area contributed by atoms with Crippen molar-refractivity contribution in [2.75, 3.05) is 5.32 Å². The highest BCUT2D eigenvalue weighted by Crippen LogP contribution is 2.48. The number of benzene rings is 2. The van der Waals surface area contributed by atoms with Crippen molar-refractivity contribution in [1.82, 2.24) is 0 Å². The van der Waals surface area contributed by atoms with Gasteiger partial charge in [-0.05, 0) is 54.2 Å². The lowest BCUT2D eigenvalue weighted by atomic mass is 9.75. The van der Waals surface area contributed by atoms with Gasteiger partial charge in [-0.3, -0.25) is 4.79 Å². The van der Waals surface area contributed by atoms with E-state index in [1.165, 1.54) is 6.42 Å². The molecule has 1 amide bonds. The summed E-state index contributed by atoms with van der Waals surface area (Å²) >= 11 is 5.17. The fourth-order valence-corrected chi connectivity index (χ4v) is 5.93. The van der Waals surface area contributed by atoms with Crippen LogP contribution >= 0.6 is 23.1 Å². The lowest BCUT2D eigenvalue weighted by Gasteiger charge is -2.32. The van der Waals surface area contributed by atoms with Crippen LogP contribution in [0.3, 0.4) is 0 Å². The number of aliphatic hydroxyl groups is 1. The number of anilines is 1. The maximum absolute atomic E-state index is 13.0. The summed E-state index contributed by atoms with van der Waals surface area (Å²) in [5, 5.41) is 13.4. The molecule has 1 saturated carbocycles. The molecule has 5 heteroatoms. The first-order valence-corrected chi connectivity index (χ1v) is 10.7. The standard InChI is InChI=1S/C21H25NO2S2/c1-21(14-8-3-9-15-21)19(23)22-17-12-6-7-13-18(17)26(20(24)25)16-10-4-2-5-11-16/h2,4-7,10-13,26H,3,8-9,14-15H2,1H3,(H,22,23)(H,24,25). The highest BCUT2D eigenvalue weighted by atomic mass is 32.2. The van der Waals surface area contributed by atoms with Gasteiger partial charge >= 0.3 is 0 Å². The number of carbonyl (C=O) groups excluding carboxylic acids is 1. The van der Waals surface area contributed by atoms with Crippen LogP contribution in [-0.2, 0) is 4.79 Å². The number of aliphatic hydroxyl groups excluding tert-OH is 1. The van der Waals surface area contributed by atoms with Crippen molar-refractivity contribution in [3.05, 3.63) is 54.6 Å². The molecule has 26 heavy (non-hydrogen) atoms. The Kier molecular flexibility index (Phi) is 5.99. The molecule has 138 valence electrons. The summed E-state index contributed by atoms with van der Waals surface area (Å²) in [5.74, 6) is 0.0662. The first-order valence-electron chi connectivity index (χ1n) is 9.00. The summed E-state index contributed by atoms with van der Waals surface area (Å²) in [6.45, 7) is 2.06. The van der Waals surface area contributed by atoms with Crippen molar-refractivity contribution in [3.63, 3.8) is 0 Å². The zero-order valence-electron chi connectivity index (χ0n) is 14.9. The molecule has 2 N–H and O–H groups in total. The summed E-state index contributed by atoms with van der Waals surface area (Å²) in [7, 11) is -1.22. The fraction of sp³-hybridized carbons (Fsp3) is 0.333. The van der Waals surface area contributed by atoms with E-state index < -0.39 is 10.9 Å². The van der Waals surface area contributed by atoms with E-state index in [1.807, 2.05) is 54.6 Å². The van der Waals surface area contributed by atoms with Crippen molar-refractivity contribution < 1.29 is 9.90 Å². The van der Waals surface area contributed by atoms with Crippen LogP contribution in [-0.4, -0.2) is 15.4 Å². The number of amides is 1. The van der Waals surface area contributed by atoms with Crippen LogP contribution in [0.2, 0.25) is 0 Å². The topological polar surface area (TPSA) is 49.3 Å². The second-order valence-corrected chi connectivity index (χ2v) is 9.83. The fourth-order valence-electron chi connectivity index (χ4n) is 3.54. The maximum Gasteiger partial charge on any atom is 0.230 e. The van der Waals surface area contributed by atoms with Gasteiger partial charge in [0, 0.05) is 10.3 Å². The molecular weight excluding hydrogens is 362 g/mol. The van der Waals surface area contributed by atoms with Gasteiger partial charge in [-0.1, -0.05) is 56.5 Å². The molecule has 3 rings (SSSR count). The number of nitrogens with one attached hydrogen (secondary N) is 1. The Morgan fingerprint density at radius 3 is 2.31 bits per heavy atom. The van der Waals surface area contributed by atoms with Gasteiger partial charge in [0.1, 0.15) is 0 Å². The third-order valence-electron chi connectivity index (χ3n) is 5.10. The predicted molar refractivity (Wildman–Crippen MR) is 113 cm³/mol. The molecule has 0 bridgehead atoms. The van der Waals surface area contributed by atoms with Crippen LogP contribution in [0.1, 0.15) is 39.0 Å². The molecule has 1 atom stereocenters. The lowest BCUT2D eigenvalue weighted by molar-refractivity contribution is -0.126. The van der Waals surface area contributed by atoms with E-state index in [4.69, 9.17) is 12.2 Å². The molecule has 3 nitrogen and oxygen atoms in total. The van der Waals surface area contributed by atoms with Gasteiger partial charge in [-0.25, -0.2) is 0 Å². The van der Waals surface area contributed by atoms with E-state index in [1.54, 1.807) is 0 Å². The highest BCUT2D eigenvalue weighted by Gasteiger charge is 2.35. The molecule has 0 aliphatic heterocycles. The number of para-hydroxylation sites is 1. The molecule has 1 aliphatic carbocycles. The zero-order chi connectivity index (χ0) is 18.6. The zero-order valence-corrected chi connectivity index (χ0v) is 16.7. The van der Waals surface area contributed by atoms with E-state index in [-0.39, 0.29) is 15.7 Å². The van der Waals surface area contributed by atoms with Crippen LogP contribution < -0.4 is 5.32 Å². The maximum atomic E-state index is 13.0. The van der Waals surface area contributed by atoms with Gasteiger partial charge in [0.15, 0.2) is 0 Å². The Hall–Kier alpha value is -1.85. The SMILES string of the molecule is CC1(C(=O)Nc2ccccc2[SH](C(O)=S)c2ccccc2)CCCCC1. The molecule has 0 saturated heterocycles. The van der Waals surface area contributed by atoms with Crippen molar-refractivity contribution in [2.24, 2.45) is 5.41 Å². The molecule has 0 heterocycles. The molecule has 1 fully saturated rings. The molecule has 0 aromatic heterocycles. The summed E-state index contributed by atoms with van der Waals surface area (Å²) in [6, 6.07) is 17.4. The lowest BCUT2D eigenvalue weighted by Crippen LogP contribution is -2.35. The Balaban J connectivity index is 1.92. The van der Waals surface area contributed by atoms with Gasteiger partial charge in [-0.15, -0.1) is 10.9 Å². The minimum Gasteiger partial charge on any atom is -0.495 e.